The third-order valence-corrected chi connectivity index (χ3v) is 4.36. The van der Waals surface area contributed by atoms with Crippen molar-refractivity contribution in [2.24, 2.45) is 5.92 Å². The van der Waals surface area contributed by atoms with Crippen LogP contribution >= 0.6 is 12.4 Å². The number of carbonyl (C=O) groups excluding carboxylic acids is 1. The molecule has 3 N–H and O–H groups in total. The molecule has 1 unspecified atom stereocenters. The number of nitrogens with zero attached hydrogens (tertiary/aromatic N) is 2. The number of methoxy groups -OCH3 is 1. The van der Waals surface area contributed by atoms with Crippen LogP contribution in [0.5, 0.6) is 0 Å². The Bertz CT molecular complexity index is 636. The van der Waals surface area contributed by atoms with Gasteiger partial charge in [-0.25, -0.2) is 4.98 Å². The van der Waals surface area contributed by atoms with E-state index >= 15 is 0 Å². The zero-order chi connectivity index (χ0) is 16.2. The summed E-state index contributed by atoms with van der Waals surface area (Å²) in [6, 6.07) is 0. The second kappa shape index (κ2) is 8.46. The second-order valence-electron chi connectivity index (χ2n) is 6.05. The van der Waals surface area contributed by atoms with Crippen LogP contribution in [0.3, 0.4) is 0 Å². The lowest BCUT2D eigenvalue weighted by Gasteiger charge is -2.18. The van der Waals surface area contributed by atoms with Crippen LogP contribution in [0.25, 0.3) is 0 Å². The first-order valence-corrected chi connectivity index (χ1v) is 8.00. The van der Waals surface area contributed by atoms with Crippen LogP contribution in [0.1, 0.15) is 17.7 Å². The molecule has 9 heteroatoms. The molecular formula is C15H24ClN5O3. The molecule has 3 heterocycles. The van der Waals surface area contributed by atoms with E-state index in [1.54, 1.807) is 7.11 Å². The number of likely N-dealkylation sites (tertiary alicyclic amines) is 1. The van der Waals surface area contributed by atoms with Crippen molar-refractivity contribution in [2.75, 3.05) is 45.2 Å². The van der Waals surface area contributed by atoms with Gasteiger partial charge in [0, 0.05) is 51.2 Å². The van der Waals surface area contributed by atoms with E-state index in [0.29, 0.717) is 51.6 Å². The van der Waals surface area contributed by atoms with Gasteiger partial charge in [-0.3, -0.25) is 14.6 Å². The van der Waals surface area contributed by atoms with Crippen LogP contribution < -0.4 is 16.2 Å². The molecular weight excluding hydrogens is 334 g/mol. The van der Waals surface area contributed by atoms with E-state index in [1.165, 1.54) is 0 Å². The summed E-state index contributed by atoms with van der Waals surface area (Å²) >= 11 is 0. The van der Waals surface area contributed by atoms with Gasteiger partial charge in [-0.2, -0.15) is 0 Å². The van der Waals surface area contributed by atoms with Crippen LogP contribution in [0.4, 0.5) is 5.95 Å². The van der Waals surface area contributed by atoms with Gasteiger partial charge in [0.05, 0.1) is 12.3 Å². The van der Waals surface area contributed by atoms with Gasteiger partial charge in [0.1, 0.15) is 0 Å². The summed E-state index contributed by atoms with van der Waals surface area (Å²) in [5.74, 6) is 0.865. The topological polar surface area (TPSA) is 99.3 Å². The standard InChI is InChI=1S/C15H23N5O3.ClH/c1-23-5-4-20-9-10(6-13(20)21)7-17-15-18-12-8-16-3-2-11(12)14(22)19-15;/h10,16H,2-9H2,1H3,(H2,17,18,19,22);1H. The molecule has 1 aromatic rings. The first-order chi connectivity index (χ1) is 11.2. The minimum Gasteiger partial charge on any atom is -0.383 e. The predicted molar refractivity (Wildman–Crippen MR) is 92.6 cm³/mol. The molecule has 134 valence electrons. The van der Waals surface area contributed by atoms with Crippen molar-refractivity contribution in [2.45, 2.75) is 19.4 Å². The highest BCUT2D eigenvalue weighted by atomic mass is 35.5. The van der Waals surface area contributed by atoms with E-state index in [4.69, 9.17) is 4.74 Å². The summed E-state index contributed by atoms with van der Waals surface area (Å²) in [5, 5.41) is 6.39. The molecule has 0 spiro atoms. The fourth-order valence-corrected chi connectivity index (χ4v) is 3.10. The number of nitrogens with one attached hydrogen (secondary N) is 3. The zero-order valence-corrected chi connectivity index (χ0v) is 14.6. The van der Waals surface area contributed by atoms with Gasteiger partial charge < -0.3 is 20.3 Å². The second-order valence-corrected chi connectivity index (χ2v) is 6.05. The Morgan fingerprint density at radius 2 is 2.25 bits per heavy atom. The summed E-state index contributed by atoms with van der Waals surface area (Å²) in [6.07, 6.45) is 1.23. The van der Waals surface area contributed by atoms with Crippen molar-refractivity contribution in [3.05, 3.63) is 21.6 Å². The van der Waals surface area contributed by atoms with Crippen molar-refractivity contribution >= 4 is 24.3 Å². The molecule has 3 rings (SSSR count). The summed E-state index contributed by atoms with van der Waals surface area (Å²) in [6.45, 7) is 3.95. The number of carbonyl (C=O) groups is 1. The molecule has 0 aromatic carbocycles. The minimum absolute atomic E-state index is 0. The number of rotatable bonds is 6. The monoisotopic (exact) mass is 357 g/mol. The van der Waals surface area contributed by atoms with Crippen molar-refractivity contribution in [3.8, 4) is 0 Å². The Morgan fingerprint density at radius 3 is 3.04 bits per heavy atom. The highest BCUT2D eigenvalue weighted by molar-refractivity contribution is 5.85. The molecule has 1 aromatic heterocycles. The smallest absolute Gasteiger partial charge is 0.255 e. The molecule has 2 aliphatic rings. The third-order valence-electron chi connectivity index (χ3n) is 4.36. The fraction of sp³-hybridized carbons (Fsp3) is 0.667. The number of hydrogen-bond acceptors (Lipinski definition) is 6. The lowest BCUT2D eigenvalue weighted by atomic mass is 10.1. The molecule has 1 fully saturated rings. The highest BCUT2D eigenvalue weighted by Crippen LogP contribution is 2.18. The normalized spacial score (nSPS) is 19.8. The van der Waals surface area contributed by atoms with Crippen molar-refractivity contribution in [3.63, 3.8) is 0 Å². The maximum absolute atomic E-state index is 12.1. The number of aromatic nitrogens is 2. The Kier molecular flexibility index (Phi) is 6.59. The van der Waals surface area contributed by atoms with Crippen molar-refractivity contribution < 1.29 is 9.53 Å². The van der Waals surface area contributed by atoms with Gasteiger partial charge >= 0.3 is 0 Å². The minimum atomic E-state index is -0.0665. The van der Waals surface area contributed by atoms with E-state index < -0.39 is 0 Å². The Hall–Kier alpha value is -1.64. The van der Waals surface area contributed by atoms with Gasteiger partial charge in [-0.15, -0.1) is 12.4 Å². The van der Waals surface area contributed by atoms with E-state index in [2.05, 4.69) is 20.6 Å². The molecule has 0 aliphatic carbocycles. The zero-order valence-electron chi connectivity index (χ0n) is 13.8. The quantitative estimate of drug-likeness (QED) is 0.649. The number of fused-ring (bicyclic) bond motifs is 1. The van der Waals surface area contributed by atoms with Crippen LogP contribution in [-0.2, 0) is 22.5 Å². The number of halogens is 1. The average molecular weight is 358 g/mol. The number of H-pyrrole nitrogens is 1. The summed E-state index contributed by atoms with van der Waals surface area (Å²) < 4.78 is 5.02. The molecule has 1 atom stereocenters. The van der Waals surface area contributed by atoms with Crippen molar-refractivity contribution in [1.29, 1.82) is 0 Å². The number of aromatic amines is 1. The first-order valence-electron chi connectivity index (χ1n) is 8.00. The van der Waals surface area contributed by atoms with Crippen LogP contribution in [0.2, 0.25) is 0 Å². The molecule has 2 aliphatic heterocycles. The first kappa shape index (κ1) is 18.7. The SMILES string of the molecule is COCCN1CC(CNc2nc3c(c(=O)[nH]2)CCNC3)CC1=O.Cl. The Labute approximate surface area is 146 Å². The lowest BCUT2D eigenvalue weighted by molar-refractivity contribution is -0.128. The molecule has 8 nitrogen and oxygen atoms in total. The molecule has 1 amide bonds. The predicted octanol–water partition coefficient (Wildman–Crippen LogP) is -0.256. The fourth-order valence-electron chi connectivity index (χ4n) is 3.10. The molecule has 0 radical (unpaired) electrons. The van der Waals surface area contributed by atoms with Gasteiger partial charge in [0.2, 0.25) is 11.9 Å². The molecule has 0 saturated carbocycles. The van der Waals surface area contributed by atoms with Gasteiger partial charge in [0.25, 0.3) is 5.56 Å². The van der Waals surface area contributed by atoms with Crippen LogP contribution in [0, 0.1) is 5.92 Å². The average Bonchev–Trinajstić information content (AvgIpc) is 2.91. The maximum Gasteiger partial charge on any atom is 0.255 e. The van der Waals surface area contributed by atoms with Crippen LogP contribution in [0.15, 0.2) is 4.79 Å². The largest absolute Gasteiger partial charge is 0.383 e. The number of hydrogen-bond donors (Lipinski definition) is 3. The highest BCUT2D eigenvalue weighted by Gasteiger charge is 2.29. The van der Waals surface area contributed by atoms with E-state index in [1.807, 2.05) is 4.90 Å². The third kappa shape index (κ3) is 4.25. The summed E-state index contributed by atoms with van der Waals surface area (Å²) in [4.78, 5) is 33.1. The number of ether oxygens (including phenoxy) is 1. The van der Waals surface area contributed by atoms with Crippen molar-refractivity contribution in [1.82, 2.24) is 20.2 Å². The Morgan fingerprint density at radius 1 is 1.42 bits per heavy atom. The van der Waals surface area contributed by atoms with E-state index in [-0.39, 0.29) is 29.8 Å². The summed E-state index contributed by atoms with van der Waals surface area (Å²) in [7, 11) is 1.63. The van der Waals surface area contributed by atoms with Gasteiger partial charge in [-0.05, 0) is 13.0 Å². The summed E-state index contributed by atoms with van der Waals surface area (Å²) in [5.41, 5.74) is 1.52. The Balaban J connectivity index is 0.00000208. The number of amides is 1. The van der Waals surface area contributed by atoms with Gasteiger partial charge in [0.15, 0.2) is 0 Å². The number of anilines is 1. The molecule has 1 saturated heterocycles. The lowest BCUT2D eigenvalue weighted by Crippen LogP contribution is -2.32. The molecule has 0 bridgehead atoms. The molecule has 24 heavy (non-hydrogen) atoms. The van der Waals surface area contributed by atoms with E-state index in [0.717, 1.165) is 17.8 Å². The van der Waals surface area contributed by atoms with Gasteiger partial charge in [-0.1, -0.05) is 0 Å². The van der Waals surface area contributed by atoms with E-state index in [9.17, 15) is 9.59 Å². The maximum atomic E-state index is 12.1. The van der Waals surface area contributed by atoms with Crippen LogP contribution in [-0.4, -0.2) is 60.7 Å².